The fraction of sp³-hybridized carbons (Fsp3) is 0.548. The van der Waals surface area contributed by atoms with E-state index >= 15 is 0 Å². The average Bonchev–Trinajstić information content (AvgIpc) is 3.09. The van der Waals surface area contributed by atoms with Gasteiger partial charge in [0, 0.05) is 53.7 Å². The SMILES string of the molecule is CC1=C(O)C(=O)C=C2C1=CC=C1[C@@]2(C)CC[C@@]2(C)[C@@H]3C[C@](C)(C(=O)N4CCN(C(=O)/C=C/c5ccc(Cl)cc5)CC4)CC[C@]3(C)CC[C@]12C. The van der Waals surface area contributed by atoms with Crippen molar-refractivity contribution in [2.24, 2.45) is 33.0 Å². The molecular weight excluding hydrogens is 632 g/mol. The Morgan fingerprint density at radius 3 is 2.22 bits per heavy atom. The lowest BCUT2D eigenvalue weighted by Crippen LogP contribution is -2.63. The van der Waals surface area contributed by atoms with Crippen LogP contribution in [-0.4, -0.2) is 58.7 Å². The van der Waals surface area contributed by atoms with Gasteiger partial charge in [-0.1, -0.05) is 76.1 Å². The lowest BCUT2D eigenvalue weighted by molar-refractivity contribution is -0.175. The van der Waals surface area contributed by atoms with Crippen LogP contribution in [0.4, 0.5) is 0 Å². The molecule has 1 N–H and O–H groups in total. The van der Waals surface area contributed by atoms with Crippen LogP contribution >= 0.6 is 11.6 Å². The van der Waals surface area contributed by atoms with Gasteiger partial charge in [0.1, 0.15) is 0 Å². The van der Waals surface area contributed by atoms with Crippen LogP contribution in [0.25, 0.3) is 6.08 Å². The van der Waals surface area contributed by atoms with Gasteiger partial charge in [0.15, 0.2) is 5.76 Å². The summed E-state index contributed by atoms with van der Waals surface area (Å²) in [6, 6.07) is 7.40. The zero-order chi connectivity index (χ0) is 35.1. The van der Waals surface area contributed by atoms with Crippen LogP contribution in [-0.2, 0) is 14.4 Å². The smallest absolute Gasteiger partial charge is 0.246 e. The average molecular weight is 683 g/mol. The molecule has 4 fully saturated rings. The summed E-state index contributed by atoms with van der Waals surface area (Å²) in [4.78, 5) is 44.1. The number of carbonyl (C=O) groups excluding carboxylic acids is 3. The standard InChI is InChI=1S/C42H51ClN2O4/c1-27-30-12-13-33-40(4,31(30)25-32(46)36(27)48)18-20-42(6)34-26-39(3,16-15-38(34,2)17-19-41(33,42)5)37(49)45-23-21-44(22-24-45)35(47)14-9-28-7-10-29(43)11-8-28/h7-14,25,34,48H,15-24,26H2,1-6H3/b14-9+/t34-,38-,39-,40+,41-,42+/m1/s1. The van der Waals surface area contributed by atoms with Crippen molar-refractivity contribution in [3.8, 4) is 0 Å². The van der Waals surface area contributed by atoms with Crippen LogP contribution in [0.5, 0.6) is 0 Å². The summed E-state index contributed by atoms with van der Waals surface area (Å²) in [5, 5.41) is 11.1. The Kier molecular flexibility index (Phi) is 8.06. The maximum Gasteiger partial charge on any atom is 0.246 e. The van der Waals surface area contributed by atoms with E-state index < -0.39 is 5.41 Å². The first-order chi connectivity index (χ1) is 23.0. The molecule has 1 heterocycles. The van der Waals surface area contributed by atoms with Crippen LogP contribution in [0, 0.1) is 33.0 Å². The van der Waals surface area contributed by atoms with Gasteiger partial charge in [-0.15, -0.1) is 0 Å². The normalized spacial score (nSPS) is 37.4. The number of halogens is 1. The van der Waals surface area contributed by atoms with E-state index in [-0.39, 0.29) is 45.0 Å². The number of hydrogen-bond acceptors (Lipinski definition) is 4. The minimum absolute atomic E-state index is 0.00750. The van der Waals surface area contributed by atoms with E-state index in [1.807, 2.05) is 47.1 Å². The molecule has 1 aliphatic heterocycles. The summed E-state index contributed by atoms with van der Waals surface area (Å²) in [6.45, 7) is 16.0. The number of aliphatic hydroxyl groups excluding tert-OH is 1. The number of rotatable bonds is 3. The number of aliphatic hydroxyl groups is 1. The van der Waals surface area contributed by atoms with E-state index in [0.717, 1.165) is 61.7 Å². The monoisotopic (exact) mass is 682 g/mol. The van der Waals surface area contributed by atoms with Crippen molar-refractivity contribution in [2.45, 2.75) is 86.5 Å². The van der Waals surface area contributed by atoms with E-state index in [9.17, 15) is 19.5 Å². The molecule has 5 aliphatic carbocycles. The van der Waals surface area contributed by atoms with E-state index in [1.165, 1.54) is 5.57 Å². The summed E-state index contributed by atoms with van der Waals surface area (Å²) in [5.41, 5.74) is 4.44. The first-order valence-electron chi connectivity index (χ1n) is 18.2. The van der Waals surface area contributed by atoms with Gasteiger partial charge in [0.05, 0.1) is 0 Å². The van der Waals surface area contributed by atoms with E-state index in [1.54, 1.807) is 12.2 Å². The molecule has 0 radical (unpaired) electrons. The summed E-state index contributed by atoms with van der Waals surface area (Å²) in [5.74, 6) is 0.165. The molecule has 0 aromatic heterocycles. The Morgan fingerprint density at radius 2 is 1.53 bits per heavy atom. The molecule has 2 amide bonds. The highest BCUT2D eigenvalue weighted by Crippen LogP contribution is 2.75. The fourth-order valence-corrected chi connectivity index (χ4v) is 11.1. The first kappa shape index (κ1) is 34.1. The number of piperazine rings is 1. The molecule has 7 rings (SSSR count). The highest BCUT2D eigenvalue weighted by Gasteiger charge is 2.67. The van der Waals surface area contributed by atoms with Gasteiger partial charge < -0.3 is 14.9 Å². The van der Waals surface area contributed by atoms with Gasteiger partial charge in [-0.25, -0.2) is 0 Å². The minimum atomic E-state index is -0.446. The third kappa shape index (κ3) is 5.14. The molecule has 6 atom stereocenters. The molecule has 1 aromatic rings. The topological polar surface area (TPSA) is 77.9 Å². The second kappa shape index (κ2) is 11.6. The predicted octanol–water partition coefficient (Wildman–Crippen LogP) is 8.65. The van der Waals surface area contributed by atoms with Crippen LogP contribution in [0.1, 0.15) is 92.1 Å². The van der Waals surface area contributed by atoms with Crippen LogP contribution < -0.4 is 0 Å². The Labute approximate surface area is 296 Å². The zero-order valence-corrected chi connectivity index (χ0v) is 30.8. The number of nitrogens with zero attached hydrogens (tertiary/aromatic N) is 2. The molecule has 7 heteroatoms. The van der Waals surface area contributed by atoms with Crippen molar-refractivity contribution >= 4 is 35.3 Å². The summed E-state index contributed by atoms with van der Waals surface area (Å²) in [7, 11) is 0. The van der Waals surface area contributed by atoms with Gasteiger partial charge in [0.25, 0.3) is 0 Å². The van der Waals surface area contributed by atoms with Gasteiger partial charge >= 0.3 is 0 Å². The molecule has 0 unspecified atom stereocenters. The van der Waals surface area contributed by atoms with Crippen molar-refractivity contribution < 1.29 is 19.5 Å². The number of fused-ring (bicyclic) bond motifs is 7. The Hall–Kier alpha value is -3.38. The van der Waals surface area contributed by atoms with Gasteiger partial charge in [0.2, 0.25) is 17.6 Å². The third-order valence-electron chi connectivity index (χ3n) is 14.6. The van der Waals surface area contributed by atoms with Gasteiger partial charge in [-0.2, -0.15) is 0 Å². The lowest BCUT2D eigenvalue weighted by Gasteiger charge is -2.70. The molecule has 49 heavy (non-hydrogen) atoms. The van der Waals surface area contributed by atoms with Crippen molar-refractivity contribution in [2.75, 3.05) is 26.2 Å². The predicted molar refractivity (Wildman–Crippen MR) is 195 cm³/mol. The second-order valence-electron chi connectivity index (χ2n) is 17.1. The van der Waals surface area contributed by atoms with Crippen molar-refractivity contribution in [1.82, 2.24) is 9.80 Å². The molecule has 0 bridgehead atoms. The number of allylic oxidation sites excluding steroid dienone is 7. The van der Waals surface area contributed by atoms with Crippen LogP contribution in [0.3, 0.4) is 0 Å². The van der Waals surface area contributed by atoms with Crippen molar-refractivity contribution in [1.29, 1.82) is 0 Å². The number of ketones is 1. The molecular formula is C42H51ClN2O4. The van der Waals surface area contributed by atoms with Crippen LogP contribution in [0.15, 0.2) is 76.6 Å². The van der Waals surface area contributed by atoms with Crippen LogP contribution in [0.2, 0.25) is 5.02 Å². The zero-order valence-electron chi connectivity index (χ0n) is 30.0. The number of benzene rings is 1. The molecule has 1 saturated heterocycles. The van der Waals surface area contributed by atoms with Gasteiger partial charge in [-0.05, 0) is 115 Å². The molecule has 6 aliphatic rings. The van der Waals surface area contributed by atoms with E-state index in [4.69, 9.17) is 11.6 Å². The fourth-order valence-electron chi connectivity index (χ4n) is 11.0. The van der Waals surface area contributed by atoms with E-state index in [0.29, 0.717) is 42.7 Å². The summed E-state index contributed by atoms with van der Waals surface area (Å²) in [6.07, 6.45) is 16.6. The highest BCUT2D eigenvalue weighted by atomic mass is 35.5. The Balaban J connectivity index is 1.09. The Bertz CT molecular complexity index is 1780. The molecule has 0 spiro atoms. The van der Waals surface area contributed by atoms with Crippen molar-refractivity contribution in [3.05, 3.63) is 87.2 Å². The number of carbonyl (C=O) groups is 3. The first-order valence-corrected chi connectivity index (χ1v) is 18.5. The van der Waals surface area contributed by atoms with E-state index in [2.05, 4.69) is 46.8 Å². The highest BCUT2D eigenvalue weighted by molar-refractivity contribution is 6.30. The molecule has 6 nitrogen and oxygen atoms in total. The number of hydrogen-bond donors (Lipinski definition) is 1. The molecule has 260 valence electrons. The number of amides is 2. The summed E-state index contributed by atoms with van der Waals surface area (Å²) < 4.78 is 0. The molecule has 3 saturated carbocycles. The largest absolute Gasteiger partial charge is 0.504 e. The van der Waals surface area contributed by atoms with Crippen molar-refractivity contribution in [3.63, 3.8) is 0 Å². The summed E-state index contributed by atoms with van der Waals surface area (Å²) >= 11 is 5.99. The maximum absolute atomic E-state index is 14.5. The molecule has 1 aromatic carbocycles. The minimum Gasteiger partial charge on any atom is -0.504 e. The van der Waals surface area contributed by atoms with Gasteiger partial charge in [-0.3, -0.25) is 14.4 Å². The lowest BCUT2D eigenvalue weighted by atomic mass is 9.34. The third-order valence-corrected chi connectivity index (χ3v) is 14.8. The Morgan fingerprint density at radius 1 is 0.878 bits per heavy atom. The quantitative estimate of drug-likeness (QED) is 0.324. The maximum atomic E-state index is 14.5. The second-order valence-corrected chi connectivity index (χ2v) is 17.5.